The van der Waals surface area contributed by atoms with E-state index in [1.165, 1.54) is 9.47 Å². The van der Waals surface area contributed by atoms with Crippen LogP contribution < -0.4 is 11.2 Å². The lowest BCUT2D eigenvalue weighted by Gasteiger charge is -2.30. The molecule has 1 aliphatic heterocycles. The molecule has 28 heavy (non-hydrogen) atoms. The van der Waals surface area contributed by atoms with Gasteiger partial charge in [0.1, 0.15) is 0 Å². The number of hydrogen-bond acceptors (Lipinski definition) is 5. The molecule has 1 aromatic carbocycles. The number of benzene rings is 1. The number of pyridine rings is 1. The highest BCUT2D eigenvalue weighted by Gasteiger charge is 2.32. The van der Waals surface area contributed by atoms with Gasteiger partial charge in [-0.25, -0.2) is 4.79 Å². The third-order valence-electron chi connectivity index (χ3n) is 4.99. The second-order valence-corrected chi connectivity index (χ2v) is 7.15. The van der Waals surface area contributed by atoms with Gasteiger partial charge in [0.15, 0.2) is 5.69 Å². The molecule has 2 aromatic heterocycles. The minimum atomic E-state index is -0.842. The Kier molecular flexibility index (Phi) is 4.26. The standard InChI is InChI=1S/C20H20N4O4/c1-12(2)24-19(27)17(25)16-18(26)22(7-8-23(16)20(24)28)11-15-9-13-5-3-4-6-14(13)10-21-15/h3-6,9-10,12,25H,7-8,11H2,1-2H3. The Morgan fingerprint density at radius 1 is 1.11 bits per heavy atom. The summed E-state index contributed by atoms with van der Waals surface area (Å²) in [5.74, 6) is -1.24. The van der Waals surface area contributed by atoms with Gasteiger partial charge in [0, 0.05) is 30.7 Å². The molecule has 0 aliphatic carbocycles. The summed E-state index contributed by atoms with van der Waals surface area (Å²) in [6.45, 7) is 4.07. The van der Waals surface area contributed by atoms with E-state index in [0.717, 1.165) is 15.3 Å². The van der Waals surface area contributed by atoms with Gasteiger partial charge in [-0.15, -0.1) is 0 Å². The van der Waals surface area contributed by atoms with Gasteiger partial charge >= 0.3 is 5.69 Å². The molecule has 0 saturated carbocycles. The van der Waals surface area contributed by atoms with Crippen molar-refractivity contribution in [2.75, 3.05) is 6.54 Å². The fourth-order valence-corrected chi connectivity index (χ4v) is 3.57. The highest BCUT2D eigenvalue weighted by atomic mass is 16.3. The van der Waals surface area contributed by atoms with Crippen LogP contribution in [0.15, 0.2) is 46.1 Å². The van der Waals surface area contributed by atoms with E-state index in [2.05, 4.69) is 4.98 Å². The van der Waals surface area contributed by atoms with Gasteiger partial charge in [0.25, 0.3) is 11.5 Å². The van der Waals surface area contributed by atoms with Crippen LogP contribution in [0.25, 0.3) is 10.8 Å². The minimum absolute atomic E-state index is 0.202. The van der Waals surface area contributed by atoms with Crippen LogP contribution in [-0.4, -0.2) is 36.6 Å². The monoisotopic (exact) mass is 380 g/mol. The van der Waals surface area contributed by atoms with Crippen LogP contribution >= 0.6 is 0 Å². The molecule has 8 heteroatoms. The molecule has 3 heterocycles. The molecular weight excluding hydrogens is 360 g/mol. The summed E-state index contributed by atoms with van der Waals surface area (Å²) < 4.78 is 2.15. The summed E-state index contributed by atoms with van der Waals surface area (Å²) in [5, 5.41) is 12.3. The molecule has 0 atom stereocenters. The third-order valence-corrected chi connectivity index (χ3v) is 4.99. The normalized spacial score (nSPS) is 14.0. The van der Waals surface area contributed by atoms with Gasteiger partial charge < -0.3 is 10.0 Å². The zero-order valence-corrected chi connectivity index (χ0v) is 15.6. The van der Waals surface area contributed by atoms with Crippen molar-refractivity contribution in [2.45, 2.75) is 33.0 Å². The van der Waals surface area contributed by atoms with E-state index in [1.807, 2.05) is 30.3 Å². The van der Waals surface area contributed by atoms with E-state index in [9.17, 15) is 19.5 Å². The van der Waals surface area contributed by atoms with Crippen molar-refractivity contribution < 1.29 is 9.90 Å². The van der Waals surface area contributed by atoms with Crippen molar-refractivity contribution >= 4 is 16.7 Å². The largest absolute Gasteiger partial charge is 0.501 e. The molecule has 1 amide bonds. The van der Waals surface area contributed by atoms with Crippen molar-refractivity contribution in [2.24, 2.45) is 0 Å². The zero-order valence-electron chi connectivity index (χ0n) is 15.6. The molecule has 0 spiro atoms. The molecule has 0 radical (unpaired) electrons. The smallest absolute Gasteiger partial charge is 0.332 e. The number of carbonyl (C=O) groups excluding carboxylic acids is 1. The van der Waals surface area contributed by atoms with Crippen LogP contribution in [0.3, 0.4) is 0 Å². The summed E-state index contributed by atoms with van der Waals surface area (Å²) in [5.41, 5.74) is -0.980. The highest BCUT2D eigenvalue weighted by Crippen LogP contribution is 2.20. The molecule has 0 unspecified atom stereocenters. The molecule has 0 bridgehead atoms. The van der Waals surface area contributed by atoms with Crippen LogP contribution in [-0.2, 0) is 13.1 Å². The maximum atomic E-state index is 12.9. The summed E-state index contributed by atoms with van der Waals surface area (Å²) in [4.78, 5) is 43.8. The minimum Gasteiger partial charge on any atom is -0.501 e. The van der Waals surface area contributed by atoms with E-state index in [4.69, 9.17) is 0 Å². The van der Waals surface area contributed by atoms with E-state index in [1.54, 1.807) is 20.0 Å². The van der Waals surface area contributed by atoms with Crippen molar-refractivity contribution in [3.63, 3.8) is 0 Å². The van der Waals surface area contributed by atoms with Crippen molar-refractivity contribution in [1.29, 1.82) is 0 Å². The van der Waals surface area contributed by atoms with E-state index >= 15 is 0 Å². The quantitative estimate of drug-likeness (QED) is 0.743. The molecule has 144 valence electrons. The predicted molar refractivity (Wildman–Crippen MR) is 103 cm³/mol. The Hall–Kier alpha value is -3.42. The summed E-state index contributed by atoms with van der Waals surface area (Å²) in [6.07, 6.45) is 1.75. The van der Waals surface area contributed by atoms with Crippen LogP contribution in [0, 0.1) is 0 Å². The molecule has 0 fully saturated rings. The van der Waals surface area contributed by atoms with Gasteiger partial charge in [-0.1, -0.05) is 24.3 Å². The number of nitrogens with zero attached hydrogens (tertiary/aromatic N) is 4. The summed E-state index contributed by atoms with van der Waals surface area (Å²) in [6, 6.07) is 9.27. The lowest BCUT2D eigenvalue weighted by Crippen LogP contribution is -2.50. The fraction of sp³-hybridized carbons (Fsp3) is 0.300. The molecule has 0 saturated heterocycles. The summed E-state index contributed by atoms with van der Waals surface area (Å²) in [7, 11) is 0. The first-order valence-corrected chi connectivity index (χ1v) is 9.09. The maximum Gasteiger partial charge on any atom is 0.332 e. The Labute approximate surface area is 160 Å². The van der Waals surface area contributed by atoms with Gasteiger partial charge in [0.2, 0.25) is 5.75 Å². The Bertz CT molecular complexity index is 1210. The van der Waals surface area contributed by atoms with Crippen molar-refractivity contribution in [3.05, 3.63) is 68.8 Å². The van der Waals surface area contributed by atoms with E-state index < -0.39 is 28.9 Å². The lowest BCUT2D eigenvalue weighted by atomic mass is 10.1. The topological polar surface area (TPSA) is 97.4 Å². The zero-order chi connectivity index (χ0) is 20.0. The number of carbonyl (C=O) groups is 1. The number of aromatic hydroxyl groups is 1. The second-order valence-electron chi connectivity index (χ2n) is 7.15. The van der Waals surface area contributed by atoms with Gasteiger partial charge in [-0.3, -0.25) is 23.7 Å². The number of amides is 1. The summed E-state index contributed by atoms with van der Waals surface area (Å²) >= 11 is 0. The predicted octanol–water partition coefficient (Wildman–Crippen LogP) is 1.50. The number of rotatable bonds is 3. The first-order valence-electron chi connectivity index (χ1n) is 9.09. The fourth-order valence-electron chi connectivity index (χ4n) is 3.57. The molecule has 1 aliphatic rings. The number of fused-ring (bicyclic) bond motifs is 2. The van der Waals surface area contributed by atoms with Crippen LogP contribution in [0.1, 0.15) is 36.1 Å². The van der Waals surface area contributed by atoms with Crippen LogP contribution in [0.5, 0.6) is 5.75 Å². The first kappa shape index (κ1) is 18.0. The lowest BCUT2D eigenvalue weighted by molar-refractivity contribution is 0.0674. The SMILES string of the molecule is CC(C)n1c(=O)c(O)c2n(c1=O)CCN(Cc1cc3ccccc3cn1)C2=O. The molecular formula is C20H20N4O4. The third kappa shape index (κ3) is 2.77. The van der Waals surface area contributed by atoms with Gasteiger partial charge in [-0.05, 0) is 25.3 Å². The van der Waals surface area contributed by atoms with E-state index in [0.29, 0.717) is 5.69 Å². The molecule has 1 N–H and O–H groups in total. The van der Waals surface area contributed by atoms with Crippen molar-refractivity contribution in [3.8, 4) is 5.75 Å². The number of hydrogen-bond donors (Lipinski definition) is 1. The van der Waals surface area contributed by atoms with Crippen LogP contribution in [0.4, 0.5) is 0 Å². The van der Waals surface area contributed by atoms with Gasteiger partial charge in [-0.2, -0.15) is 0 Å². The average molecular weight is 380 g/mol. The molecule has 3 aromatic rings. The molecule has 4 rings (SSSR count). The highest BCUT2D eigenvalue weighted by molar-refractivity contribution is 5.95. The van der Waals surface area contributed by atoms with Crippen molar-refractivity contribution in [1.82, 2.24) is 19.0 Å². The Morgan fingerprint density at radius 3 is 2.54 bits per heavy atom. The van der Waals surface area contributed by atoms with Crippen LogP contribution in [0.2, 0.25) is 0 Å². The molecule has 8 nitrogen and oxygen atoms in total. The first-order chi connectivity index (χ1) is 13.4. The Balaban J connectivity index is 1.72. The Morgan fingerprint density at radius 2 is 1.82 bits per heavy atom. The maximum absolute atomic E-state index is 12.9. The second kappa shape index (κ2) is 6.63. The van der Waals surface area contributed by atoms with Gasteiger partial charge in [0.05, 0.1) is 12.2 Å². The number of aromatic nitrogens is 3. The average Bonchev–Trinajstić information content (AvgIpc) is 2.67. The van der Waals surface area contributed by atoms with E-state index in [-0.39, 0.29) is 25.3 Å².